The maximum atomic E-state index is 12.8. The standard InChI is InChI=1S/C22H18NO2.C15H16N.Ir/c1-22(2,3)14-11-12-23-18(13-14)15-8-6-9-17-20(24)16-7-4-5-10-19(16)25-21(15)17;1-15(2,3)13-9-10-16-14(11-13)12-7-5-4-6-8-12;/h4-7,9-13H,1-3H3;4-7,9-11H,1-3H3;/q2*-1;. The summed E-state index contributed by atoms with van der Waals surface area (Å²) in [5, 5.41) is 1.14. The van der Waals surface area contributed by atoms with E-state index in [1.165, 1.54) is 11.1 Å². The molecular formula is C37H34IrN2O2-2. The van der Waals surface area contributed by atoms with E-state index >= 15 is 0 Å². The number of pyridine rings is 2. The first-order chi connectivity index (χ1) is 19.5. The molecule has 6 aromatic rings. The minimum Gasteiger partial charge on any atom is -0.500 e. The van der Waals surface area contributed by atoms with Gasteiger partial charge in [-0.1, -0.05) is 71.4 Å². The van der Waals surface area contributed by atoms with Crippen LogP contribution >= 0.6 is 0 Å². The maximum Gasteiger partial charge on any atom is 0.182 e. The molecule has 5 heteroatoms. The summed E-state index contributed by atoms with van der Waals surface area (Å²) < 4.78 is 6.07. The Bertz CT molecular complexity index is 1880. The third-order valence-corrected chi connectivity index (χ3v) is 7.03. The predicted octanol–water partition coefficient (Wildman–Crippen LogP) is 8.95. The topological polar surface area (TPSA) is 56.0 Å². The van der Waals surface area contributed by atoms with Crippen molar-refractivity contribution in [2.45, 2.75) is 52.4 Å². The van der Waals surface area contributed by atoms with Crippen LogP contribution in [0.5, 0.6) is 0 Å². The summed E-state index contributed by atoms with van der Waals surface area (Å²) in [6.07, 6.45) is 3.67. The van der Waals surface area contributed by atoms with Crippen molar-refractivity contribution in [3.63, 3.8) is 0 Å². The molecule has 0 amide bonds. The Labute approximate surface area is 261 Å². The van der Waals surface area contributed by atoms with Crippen molar-refractivity contribution in [1.82, 2.24) is 9.97 Å². The van der Waals surface area contributed by atoms with Gasteiger partial charge >= 0.3 is 0 Å². The first kappa shape index (κ1) is 31.0. The van der Waals surface area contributed by atoms with Gasteiger partial charge in [0, 0.05) is 32.5 Å². The molecule has 0 atom stereocenters. The summed E-state index contributed by atoms with van der Waals surface area (Å²) in [7, 11) is 0. The summed E-state index contributed by atoms with van der Waals surface area (Å²) >= 11 is 0. The summed E-state index contributed by atoms with van der Waals surface area (Å²) in [6.45, 7) is 13.1. The fourth-order valence-electron chi connectivity index (χ4n) is 4.59. The molecule has 42 heavy (non-hydrogen) atoms. The summed E-state index contributed by atoms with van der Waals surface area (Å²) in [5.74, 6) is 0. The van der Waals surface area contributed by atoms with Gasteiger partial charge in [0.2, 0.25) is 0 Å². The molecule has 3 aromatic heterocycles. The first-order valence-electron chi connectivity index (χ1n) is 13.8. The molecule has 0 aliphatic heterocycles. The van der Waals surface area contributed by atoms with Crippen LogP contribution in [-0.2, 0) is 30.9 Å². The zero-order chi connectivity index (χ0) is 29.2. The number of hydrogen-bond acceptors (Lipinski definition) is 4. The summed E-state index contributed by atoms with van der Waals surface area (Å²) in [4.78, 5) is 21.7. The average molecular weight is 731 g/mol. The Balaban J connectivity index is 0.000000207. The van der Waals surface area contributed by atoms with E-state index in [1.807, 2.05) is 60.8 Å². The van der Waals surface area contributed by atoms with Crippen molar-refractivity contribution in [3.8, 4) is 22.5 Å². The Morgan fingerprint density at radius 1 is 0.667 bits per heavy atom. The van der Waals surface area contributed by atoms with E-state index in [9.17, 15) is 4.79 Å². The van der Waals surface area contributed by atoms with E-state index in [0.29, 0.717) is 27.5 Å². The van der Waals surface area contributed by atoms with Crippen LogP contribution in [0.2, 0.25) is 0 Å². The van der Waals surface area contributed by atoms with Gasteiger partial charge < -0.3 is 14.4 Å². The summed E-state index contributed by atoms with van der Waals surface area (Å²) in [5.41, 5.74) is 7.24. The molecule has 0 unspecified atom stereocenters. The van der Waals surface area contributed by atoms with Crippen LogP contribution in [0.1, 0.15) is 52.7 Å². The van der Waals surface area contributed by atoms with E-state index in [1.54, 1.807) is 24.4 Å². The molecule has 0 fully saturated rings. The fraction of sp³-hybridized carbons (Fsp3) is 0.216. The van der Waals surface area contributed by atoms with Gasteiger partial charge in [0.25, 0.3) is 0 Å². The Kier molecular flexibility index (Phi) is 9.25. The van der Waals surface area contributed by atoms with Crippen LogP contribution in [0.25, 0.3) is 44.5 Å². The molecule has 0 N–H and O–H groups in total. The number of aromatic nitrogens is 2. The van der Waals surface area contributed by atoms with Gasteiger partial charge in [-0.05, 0) is 63.0 Å². The van der Waals surface area contributed by atoms with Crippen molar-refractivity contribution >= 4 is 21.9 Å². The summed E-state index contributed by atoms with van der Waals surface area (Å²) in [6, 6.07) is 33.4. The van der Waals surface area contributed by atoms with Crippen molar-refractivity contribution in [1.29, 1.82) is 0 Å². The molecular weight excluding hydrogens is 697 g/mol. The van der Waals surface area contributed by atoms with Gasteiger partial charge in [0.1, 0.15) is 5.58 Å². The molecule has 215 valence electrons. The molecule has 0 aliphatic rings. The van der Waals surface area contributed by atoms with Gasteiger partial charge in [0.15, 0.2) is 5.43 Å². The Morgan fingerprint density at radius 2 is 1.29 bits per heavy atom. The zero-order valence-corrected chi connectivity index (χ0v) is 27.2. The van der Waals surface area contributed by atoms with Gasteiger partial charge in [-0.15, -0.1) is 54.1 Å². The van der Waals surface area contributed by atoms with E-state index in [-0.39, 0.29) is 36.4 Å². The smallest absolute Gasteiger partial charge is 0.182 e. The molecule has 4 nitrogen and oxygen atoms in total. The number of fused-ring (bicyclic) bond motifs is 2. The maximum absolute atomic E-state index is 12.8. The molecule has 0 saturated heterocycles. The number of rotatable bonds is 2. The van der Waals surface area contributed by atoms with Gasteiger partial charge in [0.05, 0.1) is 11.0 Å². The molecule has 3 heterocycles. The van der Waals surface area contributed by atoms with Crippen molar-refractivity contribution < 1.29 is 24.5 Å². The first-order valence-corrected chi connectivity index (χ1v) is 13.8. The van der Waals surface area contributed by atoms with Crippen molar-refractivity contribution in [2.24, 2.45) is 0 Å². The number of para-hydroxylation sites is 1. The molecule has 0 saturated carbocycles. The quantitative estimate of drug-likeness (QED) is 0.132. The van der Waals surface area contributed by atoms with Crippen LogP contribution in [0, 0.1) is 12.1 Å². The second-order valence-corrected chi connectivity index (χ2v) is 12.2. The van der Waals surface area contributed by atoms with Gasteiger partial charge in [-0.2, -0.15) is 0 Å². The third-order valence-electron chi connectivity index (χ3n) is 7.03. The van der Waals surface area contributed by atoms with E-state index in [4.69, 9.17) is 4.42 Å². The monoisotopic (exact) mass is 731 g/mol. The number of hydrogen-bond donors (Lipinski definition) is 0. The van der Waals surface area contributed by atoms with Crippen LogP contribution in [0.15, 0.2) is 107 Å². The Hall–Kier alpha value is -3.92. The molecule has 0 bridgehead atoms. The van der Waals surface area contributed by atoms with E-state index in [2.05, 4.69) is 75.8 Å². The van der Waals surface area contributed by atoms with Crippen LogP contribution in [0.3, 0.4) is 0 Å². The van der Waals surface area contributed by atoms with E-state index in [0.717, 1.165) is 17.0 Å². The van der Waals surface area contributed by atoms with Crippen LogP contribution < -0.4 is 5.43 Å². The minimum atomic E-state index is -0.0286. The molecule has 3 aromatic carbocycles. The van der Waals surface area contributed by atoms with Crippen molar-refractivity contribution in [3.05, 3.63) is 131 Å². The molecule has 0 spiro atoms. The third kappa shape index (κ3) is 6.75. The second-order valence-electron chi connectivity index (χ2n) is 12.2. The zero-order valence-electron chi connectivity index (χ0n) is 24.8. The van der Waals surface area contributed by atoms with Gasteiger partial charge in [-0.25, -0.2) is 0 Å². The fourth-order valence-corrected chi connectivity index (χ4v) is 4.59. The average Bonchev–Trinajstić information content (AvgIpc) is 2.97. The normalized spacial score (nSPS) is 11.5. The largest absolute Gasteiger partial charge is 0.500 e. The van der Waals surface area contributed by atoms with Gasteiger partial charge in [-0.3, -0.25) is 4.79 Å². The molecule has 1 radical (unpaired) electrons. The molecule has 6 rings (SSSR count). The number of benzene rings is 3. The van der Waals surface area contributed by atoms with Crippen LogP contribution in [0.4, 0.5) is 0 Å². The van der Waals surface area contributed by atoms with E-state index < -0.39 is 0 Å². The van der Waals surface area contributed by atoms with Crippen molar-refractivity contribution in [2.75, 3.05) is 0 Å². The predicted molar refractivity (Wildman–Crippen MR) is 168 cm³/mol. The van der Waals surface area contributed by atoms with Crippen LogP contribution in [-0.4, -0.2) is 9.97 Å². The number of nitrogens with zero attached hydrogens (tertiary/aromatic N) is 2. The Morgan fingerprint density at radius 3 is 1.93 bits per heavy atom. The second kappa shape index (κ2) is 12.5. The SMILES string of the molecule is CC(C)(C)c1ccnc(-c2[c-]ccc3c(=O)c4ccccc4oc23)c1.CC(C)(C)c1ccnc(-c2[c-]cccc2)c1.[Ir]. The minimum absolute atomic E-state index is 0. The molecule has 0 aliphatic carbocycles.